The fourth-order valence-electron chi connectivity index (χ4n) is 4.85. The van der Waals surface area contributed by atoms with Gasteiger partial charge in [0.2, 0.25) is 0 Å². The van der Waals surface area contributed by atoms with Crippen molar-refractivity contribution in [3.05, 3.63) is 59.2 Å². The van der Waals surface area contributed by atoms with Crippen LogP contribution in [-0.4, -0.2) is 32.7 Å². The summed E-state index contributed by atoms with van der Waals surface area (Å²) < 4.78 is 11.4. The highest BCUT2D eigenvalue weighted by atomic mass is 16.5. The minimum atomic E-state index is 0.374. The third-order valence-electron chi connectivity index (χ3n) is 5.76. The van der Waals surface area contributed by atoms with Crippen molar-refractivity contribution in [3.8, 4) is 11.5 Å². The van der Waals surface area contributed by atoms with Gasteiger partial charge in [-0.25, -0.2) is 0 Å². The lowest BCUT2D eigenvalue weighted by molar-refractivity contribution is 0.127. The van der Waals surface area contributed by atoms with E-state index in [2.05, 4.69) is 54.4 Å². The Kier molecular flexibility index (Phi) is 3.97. The molecule has 1 aliphatic carbocycles. The van der Waals surface area contributed by atoms with Crippen LogP contribution in [0, 0.1) is 5.92 Å². The maximum Gasteiger partial charge on any atom is 0.164 e. The van der Waals surface area contributed by atoms with Crippen LogP contribution in [0.25, 0.3) is 0 Å². The van der Waals surface area contributed by atoms with E-state index in [1.807, 2.05) is 0 Å². The number of piperidine rings is 1. The first-order valence-electron chi connectivity index (χ1n) is 8.76. The van der Waals surface area contributed by atoms with Gasteiger partial charge < -0.3 is 9.47 Å². The van der Waals surface area contributed by atoms with E-state index >= 15 is 0 Å². The molecule has 1 aliphatic heterocycles. The van der Waals surface area contributed by atoms with Crippen molar-refractivity contribution in [2.45, 2.75) is 24.8 Å². The Bertz CT molecular complexity index is 728. The van der Waals surface area contributed by atoms with Crippen molar-refractivity contribution >= 4 is 0 Å². The summed E-state index contributed by atoms with van der Waals surface area (Å²) in [5.41, 5.74) is 4.12. The van der Waals surface area contributed by atoms with Crippen LogP contribution >= 0.6 is 0 Å². The molecule has 2 aromatic rings. The van der Waals surface area contributed by atoms with Gasteiger partial charge >= 0.3 is 0 Å². The largest absolute Gasteiger partial charge is 0.493 e. The zero-order chi connectivity index (χ0) is 16.7. The van der Waals surface area contributed by atoms with E-state index < -0.39 is 0 Å². The van der Waals surface area contributed by atoms with Crippen molar-refractivity contribution in [2.75, 3.05) is 27.8 Å². The van der Waals surface area contributed by atoms with E-state index in [1.165, 1.54) is 29.5 Å². The quantitative estimate of drug-likeness (QED) is 0.843. The first kappa shape index (κ1) is 15.5. The highest BCUT2D eigenvalue weighted by molar-refractivity contribution is 5.59. The predicted octanol–water partition coefficient (Wildman–Crippen LogP) is 4.23. The van der Waals surface area contributed by atoms with Crippen molar-refractivity contribution in [1.29, 1.82) is 0 Å². The second kappa shape index (κ2) is 6.14. The van der Waals surface area contributed by atoms with E-state index in [4.69, 9.17) is 9.47 Å². The minimum Gasteiger partial charge on any atom is -0.493 e. The number of methoxy groups -OCH3 is 2. The van der Waals surface area contributed by atoms with Crippen LogP contribution in [0.4, 0.5) is 0 Å². The summed E-state index contributed by atoms with van der Waals surface area (Å²) in [6.45, 7) is 1.16. The summed E-state index contributed by atoms with van der Waals surface area (Å²) in [4.78, 5) is 2.52. The van der Waals surface area contributed by atoms with Crippen molar-refractivity contribution in [1.82, 2.24) is 4.90 Å². The Labute approximate surface area is 144 Å². The number of rotatable bonds is 3. The van der Waals surface area contributed by atoms with Gasteiger partial charge in [-0.05, 0) is 49.5 Å². The molecular weight excluding hydrogens is 298 g/mol. The second-order valence-electron chi connectivity index (χ2n) is 6.92. The minimum absolute atomic E-state index is 0.374. The van der Waals surface area contributed by atoms with E-state index in [9.17, 15) is 0 Å². The Morgan fingerprint density at radius 1 is 1.00 bits per heavy atom. The van der Waals surface area contributed by atoms with Gasteiger partial charge in [0.05, 0.1) is 14.2 Å². The third-order valence-corrected chi connectivity index (χ3v) is 5.76. The number of hydrogen-bond donors (Lipinski definition) is 0. The zero-order valence-electron chi connectivity index (χ0n) is 14.7. The van der Waals surface area contributed by atoms with Gasteiger partial charge in [0.1, 0.15) is 0 Å². The maximum absolute atomic E-state index is 5.83. The Balaban J connectivity index is 1.95. The van der Waals surface area contributed by atoms with E-state index in [0.717, 1.165) is 18.0 Å². The molecule has 0 aromatic heterocycles. The maximum atomic E-state index is 5.83. The van der Waals surface area contributed by atoms with Gasteiger partial charge in [-0.3, -0.25) is 4.90 Å². The molecule has 4 rings (SSSR count). The molecule has 0 radical (unpaired) electrons. The molecule has 0 spiro atoms. The molecule has 0 bridgehead atoms. The van der Waals surface area contributed by atoms with Gasteiger partial charge in [0.15, 0.2) is 11.5 Å². The predicted molar refractivity (Wildman–Crippen MR) is 95.9 cm³/mol. The fraction of sp³-hybridized carbons (Fsp3) is 0.429. The molecule has 3 atom stereocenters. The van der Waals surface area contributed by atoms with E-state index in [0.29, 0.717) is 17.9 Å². The van der Waals surface area contributed by atoms with E-state index in [-0.39, 0.29) is 0 Å². The second-order valence-corrected chi connectivity index (χ2v) is 6.92. The molecular formula is C21H25NO2. The number of nitrogens with zero attached hydrogens (tertiary/aromatic N) is 1. The first-order chi connectivity index (χ1) is 11.8. The van der Waals surface area contributed by atoms with Crippen LogP contribution in [-0.2, 0) is 0 Å². The highest BCUT2D eigenvalue weighted by Crippen LogP contribution is 2.58. The molecule has 1 heterocycles. The average molecular weight is 323 g/mol. The number of hydrogen-bond acceptors (Lipinski definition) is 3. The molecule has 24 heavy (non-hydrogen) atoms. The molecule has 3 unspecified atom stereocenters. The lowest BCUT2D eigenvalue weighted by Gasteiger charge is -2.37. The van der Waals surface area contributed by atoms with Gasteiger partial charge in [-0.2, -0.15) is 0 Å². The summed E-state index contributed by atoms with van der Waals surface area (Å²) >= 11 is 0. The monoisotopic (exact) mass is 323 g/mol. The summed E-state index contributed by atoms with van der Waals surface area (Å²) in [5, 5.41) is 0. The molecule has 2 aromatic carbocycles. The third kappa shape index (κ3) is 2.22. The van der Waals surface area contributed by atoms with Crippen LogP contribution in [0.5, 0.6) is 11.5 Å². The van der Waals surface area contributed by atoms with Gasteiger partial charge in [0, 0.05) is 17.5 Å². The lowest BCUT2D eigenvalue weighted by atomic mass is 9.80. The molecule has 0 N–H and O–H groups in total. The number of benzene rings is 2. The highest BCUT2D eigenvalue weighted by Gasteiger charge is 2.46. The molecule has 1 fully saturated rings. The van der Waals surface area contributed by atoms with Crippen LogP contribution in [0.15, 0.2) is 42.5 Å². The molecule has 1 saturated heterocycles. The topological polar surface area (TPSA) is 21.7 Å². The van der Waals surface area contributed by atoms with Crippen LogP contribution in [0.2, 0.25) is 0 Å². The normalized spacial score (nSPS) is 25.9. The first-order valence-corrected chi connectivity index (χ1v) is 8.76. The van der Waals surface area contributed by atoms with Crippen LogP contribution in [0.3, 0.4) is 0 Å². The molecule has 2 aliphatic rings. The zero-order valence-corrected chi connectivity index (χ0v) is 14.7. The number of fused-ring (bicyclic) bond motifs is 3. The Hall–Kier alpha value is -2.00. The fourth-order valence-corrected chi connectivity index (χ4v) is 4.85. The summed E-state index contributed by atoms with van der Waals surface area (Å²) in [7, 11) is 5.73. The van der Waals surface area contributed by atoms with Crippen LogP contribution < -0.4 is 9.47 Å². The smallest absolute Gasteiger partial charge is 0.164 e. The lowest BCUT2D eigenvalue weighted by Crippen LogP contribution is -2.34. The molecule has 0 saturated carbocycles. The summed E-state index contributed by atoms with van der Waals surface area (Å²) in [6.07, 6.45) is 2.52. The molecule has 126 valence electrons. The van der Waals surface area contributed by atoms with Crippen LogP contribution in [0.1, 0.15) is 41.5 Å². The van der Waals surface area contributed by atoms with Gasteiger partial charge in [-0.1, -0.05) is 36.4 Å². The summed E-state index contributed by atoms with van der Waals surface area (Å²) in [6, 6.07) is 15.7. The molecule has 3 nitrogen and oxygen atoms in total. The number of likely N-dealkylation sites (tertiary alicyclic amines) is 1. The van der Waals surface area contributed by atoms with Crippen molar-refractivity contribution < 1.29 is 9.47 Å². The SMILES string of the molecule is COc1ccc2c(c1OC)C(c1ccccc1)C1CCCN(C)C21. The van der Waals surface area contributed by atoms with E-state index in [1.54, 1.807) is 14.2 Å². The summed E-state index contributed by atoms with van der Waals surface area (Å²) in [5.74, 6) is 2.71. The van der Waals surface area contributed by atoms with Gasteiger partial charge in [-0.15, -0.1) is 0 Å². The van der Waals surface area contributed by atoms with Crippen molar-refractivity contribution in [3.63, 3.8) is 0 Å². The number of ether oxygens (including phenoxy) is 2. The Morgan fingerprint density at radius 3 is 2.50 bits per heavy atom. The molecule has 3 heteroatoms. The van der Waals surface area contributed by atoms with Gasteiger partial charge in [0.25, 0.3) is 0 Å². The molecule has 0 amide bonds. The standard InChI is InChI=1S/C21H25NO2/c1-22-13-7-10-15-18(14-8-5-4-6-9-14)19-16(20(15)22)11-12-17(23-2)21(19)24-3/h4-6,8-9,11-12,15,18,20H,7,10,13H2,1-3H3. The average Bonchev–Trinajstić information content (AvgIpc) is 2.97. The van der Waals surface area contributed by atoms with Crippen molar-refractivity contribution in [2.24, 2.45) is 5.92 Å². The Morgan fingerprint density at radius 2 is 1.79 bits per heavy atom.